The van der Waals surface area contributed by atoms with Crippen molar-refractivity contribution in [2.45, 2.75) is 20.4 Å². The van der Waals surface area contributed by atoms with E-state index in [0.29, 0.717) is 11.3 Å². The minimum atomic E-state index is -0.483. The monoisotopic (exact) mass is 350 g/mol. The van der Waals surface area contributed by atoms with Gasteiger partial charge in [0, 0.05) is 17.4 Å². The number of halogens is 1. The number of aryl methyl sites for hydroxylation is 2. The van der Waals surface area contributed by atoms with Crippen LogP contribution >= 0.6 is 0 Å². The van der Waals surface area contributed by atoms with Crippen LogP contribution < -0.4 is 10.9 Å². The highest BCUT2D eigenvalue weighted by Crippen LogP contribution is 2.14. The van der Waals surface area contributed by atoms with Crippen molar-refractivity contribution in [1.29, 1.82) is 0 Å². The summed E-state index contributed by atoms with van der Waals surface area (Å²) in [5, 5.41) is 2.76. The summed E-state index contributed by atoms with van der Waals surface area (Å²) >= 11 is 0. The number of carbonyl (C=O) groups excluding carboxylic acids is 1. The predicted molar refractivity (Wildman–Crippen MR) is 100 cm³/mol. The standard InChI is InChI=1S/C21H19FN2O2/c1-14-10-15(2)12-17(11-14)23-20(25)18-7-5-9-24(21(18)26)13-16-6-3-4-8-19(16)22/h3-12H,13H2,1-2H3,(H,23,25). The van der Waals surface area contributed by atoms with Gasteiger partial charge in [0.25, 0.3) is 11.5 Å². The largest absolute Gasteiger partial charge is 0.322 e. The maximum atomic E-state index is 13.8. The first-order valence-corrected chi connectivity index (χ1v) is 8.26. The molecule has 0 aliphatic heterocycles. The van der Waals surface area contributed by atoms with E-state index in [1.54, 1.807) is 30.5 Å². The molecule has 0 fully saturated rings. The average Bonchev–Trinajstić information content (AvgIpc) is 2.57. The van der Waals surface area contributed by atoms with Crippen LogP contribution in [0.25, 0.3) is 0 Å². The summed E-state index contributed by atoms with van der Waals surface area (Å²) in [4.78, 5) is 25.2. The molecule has 26 heavy (non-hydrogen) atoms. The molecule has 2 aromatic carbocycles. The van der Waals surface area contributed by atoms with E-state index in [0.717, 1.165) is 11.1 Å². The number of nitrogens with one attached hydrogen (secondary N) is 1. The summed E-state index contributed by atoms with van der Waals surface area (Å²) in [6.45, 7) is 3.94. The lowest BCUT2D eigenvalue weighted by Crippen LogP contribution is -2.29. The van der Waals surface area contributed by atoms with Crippen molar-refractivity contribution in [1.82, 2.24) is 4.57 Å². The highest BCUT2D eigenvalue weighted by atomic mass is 19.1. The number of anilines is 1. The van der Waals surface area contributed by atoms with Gasteiger partial charge in [-0.25, -0.2) is 4.39 Å². The number of hydrogen-bond acceptors (Lipinski definition) is 2. The molecule has 1 heterocycles. The number of aromatic nitrogens is 1. The molecule has 1 N–H and O–H groups in total. The maximum Gasteiger partial charge on any atom is 0.263 e. The van der Waals surface area contributed by atoms with Gasteiger partial charge in [0.2, 0.25) is 0 Å². The third-order valence-electron chi connectivity index (χ3n) is 4.04. The highest BCUT2D eigenvalue weighted by molar-refractivity contribution is 6.04. The topological polar surface area (TPSA) is 51.1 Å². The van der Waals surface area contributed by atoms with Crippen LogP contribution in [-0.2, 0) is 6.54 Å². The van der Waals surface area contributed by atoms with Crippen LogP contribution in [0.2, 0.25) is 0 Å². The highest BCUT2D eigenvalue weighted by Gasteiger charge is 2.13. The molecular formula is C21H19FN2O2. The molecule has 0 unspecified atom stereocenters. The SMILES string of the molecule is Cc1cc(C)cc(NC(=O)c2cccn(Cc3ccccc3F)c2=O)c1. The Hall–Kier alpha value is -3.21. The molecule has 132 valence electrons. The van der Waals surface area contributed by atoms with Gasteiger partial charge in [0.05, 0.1) is 6.54 Å². The van der Waals surface area contributed by atoms with Crippen molar-refractivity contribution in [3.05, 3.63) is 99.2 Å². The zero-order valence-electron chi connectivity index (χ0n) is 14.6. The Bertz CT molecular complexity index is 1000. The molecule has 3 aromatic rings. The van der Waals surface area contributed by atoms with E-state index in [-0.39, 0.29) is 17.9 Å². The van der Waals surface area contributed by atoms with Gasteiger partial charge >= 0.3 is 0 Å². The molecule has 0 aliphatic rings. The Labute approximate surface area is 150 Å². The quantitative estimate of drug-likeness (QED) is 0.776. The van der Waals surface area contributed by atoms with Gasteiger partial charge in [-0.2, -0.15) is 0 Å². The van der Waals surface area contributed by atoms with Crippen molar-refractivity contribution in [2.24, 2.45) is 0 Å². The lowest BCUT2D eigenvalue weighted by Gasteiger charge is -2.10. The molecule has 0 aliphatic carbocycles. The van der Waals surface area contributed by atoms with Crippen LogP contribution in [0.4, 0.5) is 10.1 Å². The zero-order chi connectivity index (χ0) is 18.7. The number of carbonyl (C=O) groups is 1. The molecule has 4 nitrogen and oxygen atoms in total. The van der Waals surface area contributed by atoms with Gasteiger partial charge in [-0.15, -0.1) is 0 Å². The summed E-state index contributed by atoms with van der Waals surface area (Å²) in [6, 6.07) is 15.0. The molecule has 0 radical (unpaired) electrons. The van der Waals surface area contributed by atoms with Crippen molar-refractivity contribution >= 4 is 11.6 Å². The van der Waals surface area contributed by atoms with Crippen LogP contribution in [0, 0.1) is 19.7 Å². The van der Waals surface area contributed by atoms with Gasteiger partial charge in [-0.1, -0.05) is 24.3 Å². The minimum Gasteiger partial charge on any atom is -0.322 e. The van der Waals surface area contributed by atoms with E-state index in [4.69, 9.17) is 0 Å². The molecule has 1 aromatic heterocycles. The van der Waals surface area contributed by atoms with Crippen LogP contribution in [0.1, 0.15) is 27.0 Å². The smallest absolute Gasteiger partial charge is 0.263 e. The Morgan fingerprint density at radius 1 is 1.04 bits per heavy atom. The number of amides is 1. The van der Waals surface area contributed by atoms with Gasteiger partial charge in [-0.05, 0) is 55.3 Å². The van der Waals surface area contributed by atoms with E-state index < -0.39 is 11.5 Å². The Morgan fingerprint density at radius 3 is 2.42 bits per heavy atom. The van der Waals surface area contributed by atoms with Gasteiger partial charge < -0.3 is 9.88 Å². The lowest BCUT2D eigenvalue weighted by atomic mass is 10.1. The number of rotatable bonds is 4. The van der Waals surface area contributed by atoms with Crippen LogP contribution in [0.5, 0.6) is 0 Å². The first kappa shape index (κ1) is 17.6. The van der Waals surface area contributed by atoms with Crippen molar-refractivity contribution in [2.75, 3.05) is 5.32 Å². The molecule has 0 saturated carbocycles. The second kappa shape index (κ2) is 7.35. The van der Waals surface area contributed by atoms with Crippen molar-refractivity contribution in [3.8, 4) is 0 Å². The molecule has 0 spiro atoms. The van der Waals surface area contributed by atoms with Gasteiger partial charge in [-0.3, -0.25) is 9.59 Å². The molecule has 3 rings (SSSR count). The second-order valence-electron chi connectivity index (χ2n) is 6.28. The number of nitrogens with zero attached hydrogens (tertiary/aromatic N) is 1. The van der Waals surface area contributed by atoms with E-state index in [1.165, 1.54) is 16.7 Å². The Morgan fingerprint density at radius 2 is 1.73 bits per heavy atom. The summed E-state index contributed by atoms with van der Waals surface area (Å²) in [5.41, 5.74) is 2.62. The van der Waals surface area contributed by atoms with Crippen molar-refractivity contribution < 1.29 is 9.18 Å². The predicted octanol–water partition coefficient (Wildman–Crippen LogP) is 3.90. The lowest BCUT2D eigenvalue weighted by molar-refractivity contribution is 0.102. The first-order valence-electron chi connectivity index (χ1n) is 8.26. The van der Waals surface area contributed by atoms with E-state index >= 15 is 0 Å². The van der Waals surface area contributed by atoms with Crippen LogP contribution in [-0.4, -0.2) is 10.5 Å². The van der Waals surface area contributed by atoms with Crippen LogP contribution in [0.15, 0.2) is 65.6 Å². The van der Waals surface area contributed by atoms with E-state index in [9.17, 15) is 14.0 Å². The molecule has 5 heteroatoms. The minimum absolute atomic E-state index is 0.0167. The maximum absolute atomic E-state index is 13.8. The number of pyridine rings is 1. The Balaban J connectivity index is 1.88. The third-order valence-corrected chi connectivity index (χ3v) is 4.04. The summed E-state index contributed by atoms with van der Waals surface area (Å²) < 4.78 is 15.2. The molecule has 0 atom stereocenters. The van der Waals surface area contributed by atoms with Gasteiger partial charge in [0.15, 0.2) is 0 Å². The second-order valence-corrected chi connectivity index (χ2v) is 6.28. The first-order chi connectivity index (χ1) is 12.4. The molecule has 0 saturated heterocycles. The van der Waals surface area contributed by atoms with Crippen molar-refractivity contribution in [3.63, 3.8) is 0 Å². The molecular weight excluding hydrogens is 331 g/mol. The fourth-order valence-corrected chi connectivity index (χ4v) is 2.89. The summed E-state index contributed by atoms with van der Waals surface area (Å²) in [5.74, 6) is -0.868. The fraction of sp³-hybridized carbons (Fsp3) is 0.143. The normalized spacial score (nSPS) is 10.6. The van der Waals surface area contributed by atoms with Gasteiger partial charge in [0.1, 0.15) is 11.4 Å². The zero-order valence-corrected chi connectivity index (χ0v) is 14.6. The summed E-state index contributed by atoms with van der Waals surface area (Å²) in [7, 11) is 0. The number of hydrogen-bond donors (Lipinski definition) is 1. The third kappa shape index (κ3) is 3.88. The van der Waals surface area contributed by atoms with E-state index in [1.807, 2.05) is 32.0 Å². The number of benzene rings is 2. The molecule has 1 amide bonds. The molecule has 0 bridgehead atoms. The van der Waals surface area contributed by atoms with Crippen LogP contribution in [0.3, 0.4) is 0 Å². The van der Waals surface area contributed by atoms with E-state index in [2.05, 4.69) is 5.32 Å². The Kier molecular flexibility index (Phi) is 4.98. The summed E-state index contributed by atoms with van der Waals surface area (Å²) in [6.07, 6.45) is 1.54. The fourth-order valence-electron chi connectivity index (χ4n) is 2.89. The average molecular weight is 350 g/mol.